The highest BCUT2D eigenvalue weighted by Crippen LogP contribution is 2.17. The zero-order valence-corrected chi connectivity index (χ0v) is 19.7. The van der Waals surface area contributed by atoms with Crippen LogP contribution in [0.15, 0.2) is 29.3 Å². The maximum absolute atomic E-state index is 13.1. The van der Waals surface area contributed by atoms with Gasteiger partial charge in [0, 0.05) is 32.8 Å². The number of benzene rings is 1. The minimum Gasteiger partial charge on any atom is -0.375 e. The van der Waals surface area contributed by atoms with E-state index in [-0.39, 0.29) is 35.9 Å². The van der Waals surface area contributed by atoms with Gasteiger partial charge in [0.05, 0.1) is 6.54 Å². The number of methoxy groups -OCH3 is 1. The third-order valence-corrected chi connectivity index (χ3v) is 5.04. The third kappa shape index (κ3) is 8.61. The van der Waals surface area contributed by atoms with E-state index in [2.05, 4.69) is 29.4 Å². The molecule has 160 valence electrons. The SMILES string of the molecule is CCCCN1CCC(NC(=NCC(OC)c2ccc(F)cc2)NCC)CC1.I. The molecule has 7 heteroatoms. The summed E-state index contributed by atoms with van der Waals surface area (Å²) in [5.41, 5.74) is 0.933. The molecule has 0 aliphatic carbocycles. The molecule has 0 bridgehead atoms. The van der Waals surface area contributed by atoms with E-state index in [1.807, 2.05) is 0 Å². The number of nitrogens with one attached hydrogen (secondary N) is 2. The zero-order chi connectivity index (χ0) is 19.5. The Kier molecular flexibility index (Phi) is 12.7. The second kappa shape index (κ2) is 14.1. The standard InChI is InChI=1S/C21H35FN4O.HI/c1-4-6-13-26-14-11-19(12-15-26)25-21(23-5-2)24-16-20(27-3)17-7-9-18(22)10-8-17;/h7-10,19-20H,4-6,11-16H2,1-3H3,(H2,23,24,25);1H. The van der Waals surface area contributed by atoms with E-state index < -0.39 is 0 Å². The number of halogens is 2. The Labute approximate surface area is 186 Å². The Balaban J connectivity index is 0.00000392. The van der Waals surface area contributed by atoms with Crippen LogP contribution in [0.1, 0.15) is 51.2 Å². The highest BCUT2D eigenvalue weighted by molar-refractivity contribution is 14.0. The fourth-order valence-electron chi connectivity index (χ4n) is 3.36. The molecule has 2 N–H and O–H groups in total. The molecule has 0 amide bonds. The number of hydrogen-bond donors (Lipinski definition) is 2. The number of piperidine rings is 1. The van der Waals surface area contributed by atoms with Gasteiger partial charge in [-0.1, -0.05) is 25.5 Å². The normalized spacial score (nSPS) is 17.1. The predicted octanol–water partition coefficient (Wildman–Crippen LogP) is 3.95. The molecule has 1 aliphatic heterocycles. The van der Waals surface area contributed by atoms with Crippen LogP contribution in [0.2, 0.25) is 0 Å². The molecule has 5 nitrogen and oxygen atoms in total. The molecule has 1 fully saturated rings. The molecule has 1 heterocycles. The van der Waals surface area contributed by atoms with Gasteiger partial charge < -0.3 is 20.3 Å². The average molecular weight is 506 g/mol. The van der Waals surface area contributed by atoms with E-state index in [0.717, 1.165) is 44.0 Å². The topological polar surface area (TPSA) is 48.9 Å². The van der Waals surface area contributed by atoms with E-state index in [1.54, 1.807) is 19.2 Å². The van der Waals surface area contributed by atoms with Crippen molar-refractivity contribution in [3.05, 3.63) is 35.6 Å². The first-order valence-corrected chi connectivity index (χ1v) is 10.2. The van der Waals surface area contributed by atoms with Crippen molar-refractivity contribution in [2.24, 2.45) is 4.99 Å². The van der Waals surface area contributed by atoms with Crippen molar-refractivity contribution in [3.63, 3.8) is 0 Å². The second-order valence-corrected chi connectivity index (χ2v) is 7.11. The van der Waals surface area contributed by atoms with Crippen LogP contribution in [0.25, 0.3) is 0 Å². The van der Waals surface area contributed by atoms with Gasteiger partial charge in [0.2, 0.25) is 0 Å². The van der Waals surface area contributed by atoms with Crippen LogP contribution in [-0.2, 0) is 4.74 Å². The molecule has 0 aromatic heterocycles. The van der Waals surface area contributed by atoms with Crippen LogP contribution in [0.3, 0.4) is 0 Å². The fourth-order valence-corrected chi connectivity index (χ4v) is 3.36. The van der Waals surface area contributed by atoms with E-state index >= 15 is 0 Å². The Morgan fingerprint density at radius 2 is 1.93 bits per heavy atom. The lowest BCUT2D eigenvalue weighted by molar-refractivity contribution is 0.110. The molecule has 1 aliphatic rings. The molecule has 0 saturated carbocycles. The lowest BCUT2D eigenvalue weighted by Crippen LogP contribution is -2.48. The van der Waals surface area contributed by atoms with E-state index in [1.165, 1.54) is 31.5 Å². The number of guanidine groups is 1. The smallest absolute Gasteiger partial charge is 0.191 e. The van der Waals surface area contributed by atoms with Gasteiger partial charge in [-0.25, -0.2) is 4.39 Å². The van der Waals surface area contributed by atoms with E-state index in [0.29, 0.717) is 12.6 Å². The number of ether oxygens (including phenoxy) is 1. The van der Waals surface area contributed by atoms with Gasteiger partial charge in [0.15, 0.2) is 5.96 Å². The first-order chi connectivity index (χ1) is 13.2. The molecule has 1 aromatic carbocycles. The summed E-state index contributed by atoms with van der Waals surface area (Å²) in [4.78, 5) is 7.27. The molecule has 1 atom stereocenters. The lowest BCUT2D eigenvalue weighted by atomic mass is 10.0. The molecule has 0 spiro atoms. The monoisotopic (exact) mass is 506 g/mol. The molecule has 28 heavy (non-hydrogen) atoms. The van der Waals surface area contributed by atoms with Crippen molar-refractivity contribution >= 4 is 29.9 Å². The van der Waals surface area contributed by atoms with Gasteiger partial charge in [-0.3, -0.25) is 4.99 Å². The summed E-state index contributed by atoms with van der Waals surface area (Å²) in [6.07, 6.45) is 4.63. The zero-order valence-electron chi connectivity index (χ0n) is 17.4. The number of unbranched alkanes of at least 4 members (excludes halogenated alkanes) is 1. The van der Waals surface area contributed by atoms with Crippen LogP contribution in [0, 0.1) is 5.82 Å². The minimum atomic E-state index is -0.239. The molecular formula is C21H36FIN4O. The predicted molar refractivity (Wildman–Crippen MR) is 125 cm³/mol. The Bertz CT molecular complexity index is 562. The van der Waals surface area contributed by atoms with Crippen molar-refractivity contribution in [1.82, 2.24) is 15.5 Å². The van der Waals surface area contributed by atoms with E-state index in [4.69, 9.17) is 9.73 Å². The van der Waals surface area contributed by atoms with Crippen LogP contribution >= 0.6 is 24.0 Å². The van der Waals surface area contributed by atoms with Crippen LogP contribution < -0.4 is 10.6 Å². The van der Waals surface area contributed by atoms with Crippen molar-refractivity contribution in [2.75, 3.05) is 39.8 Å². The van der Waals surface area contributed by atoms with Crippen molar-refractivity contribution < 1.29 is 9.13 Å². The average Bonchev–Trinajstić information content (AvgIpc) is 2.69. The molecular weight excluding hydrogens is 470 g/mol. The van der Waals surface area contributed by atoms with Gasteiger partial charge in [0.25, 0.3) is 0 Å². The van der Waals surface area contributed by atoms with Gasteiger partial charge in [-0.15, -0.1) is 24.0 Å². The molecule has 1 saturated heterocycles. The first-order valence-electron chi connectivity index (χ1n) is 10.2. The largest absolute Gasteiger partial charge is 0.375 e. The summed E-state index contributed by atoms with van der Waals surface area (Å²) in [5, 5.41) is 6.90. The highest BCUT2D eigenvalue weighted by atomic mass is 127. The van der Waals surface area contributed by atoms with Crippen molar-refractivity contribution in [1.29, 1.82) is 0 Å². The summed E-state index contributed by atoms with van der Waals surface area (Å²) in [7, 11) is 1.66. The van der Waals surface area contributed by atoms with Crippen molar-refractivity contribution in [2.45, 2.75) is 51.7 Å². The summed E-state index contributed by atoms with van der Waals surface area (Å²) in [5.74, 6) is 0.589. The van der Waals surface area contributed by atoms with Crippen LogP contribution in [-0.4, -0.2) is 56.7 Å². The molecule has 2 rings (SSSR count). The quantitative estimate of drug-likeness (QED) is 0.303. The summed E-state index contributed by atoms with van der Waals surface area (Å²) in [6, 6.07) is 6.88. The minimum absolute atomic E-state index is 0. The Hall–Kier alpha value is -0.930. The molecule has 1 unspecified atom stereocenters. The number of likely N-dealkylation sites (tertiary alicyclic amines) is 1. The third-order valence-electron chi connectivity index (χ3n) is 5.04. The van der Waals surface area contributed by atoms with Gasteiger partial charge in [0.1, 0.15) is 11.9 Å². The summed E-state index contributed by atoms with van der Waals surface area (Å²) >= 11 is 0. The number of aliphatic imine (C=N–C) groups is 1. The number of nitrogens with zero attached hydrogens (tertiary/aromatic N) is 2. The summed E-state index contributed by atoms with van der Waals surface area (Å²) < 4.78 is 18.7. The number of hydrogen-bond acceptors (Lipinski definition) is 3. The summed E-state index contributed by atoms with van der Waals surface area (Å²) in [6.45, 7) is 9.12. The van der Waals surface area contributed by atoms with Gasteiger partial charge in [-0.05, 0) is 50.4 Å². The number of rotatable bonds is 9. The fraction of sp³-hybridized carbons (Fsp3) is 0.667. The maximum atomic E-state index is 13.1. The first kappa shape index (κ1) is 25.1. The van der Waals surface area contributed by atoms with E-state index in [9.17, 15) is 4.39 Å². The van der Waals surface area contributed by atoms with Crippen LogP contribution in [0.4, 0.5) is 4.39 Å². The lowest BCUT2D eigenvalue weighted by Gasteiger charge is -2.33. The maximum Gasteiger partial charge on any atom is 0.191 e. The van der Waals surface area contributed by atoms with Crippen LogP contribution in [0.5, 0.6) is 0 Å². The second-order valence-electron chi connectivity index (χ2n) is 7.11. The highest BCUT2D eigenvalue weighted by Gasteiger charge is 2.19. The molecule has 0 radical (unpaired) electrons. The Morgan fingerprint density at radius 1 is 1.25 bits per heavy atom. The van der Waals surface area contributed by atoms with Crippen molar-refractivity contribution in [3.8, 4) is 0 Å². The molecule has 1 aromatic rings. The van der Waals surface area contributed by atoms with Gasteiger partial charge in [-0.2, -0.15) is 0 Å². The Morgan fingerprint density at radius 3 is 2.50 bits per heavy atom. The van der Waals surface area contributed by atoms with Gasteiger partial charge >= 0.3 is 0 Å².